The Morgan fingerprint density at radius 2 is 2.25 bits per heavy atom. The summed E-state index contributed by atoms with van der Waals surface area (Å²) in [6, 6.07) is 0.514. The van der Waals surface area contributed by atoms with E-state index in [0.29, 0.717) is 16.7 Å². The first-order valence-electron chi connectivity index (χ1n) is 5.72. The molecule has 4 heteroatoms. The van der Waals surface area contributed by atoms with Crippen molar-refractivity contribution in [3.8, 4) is 0 Å². The highest BCUT2D eigenvalue weighted by Crippen LogP contribution is 2.38. The minimum atomic E-state index is 0.311. The highest BCUT2D eigenvalue weighted by Gasteiger charge is 2.31. The molecule has 0 amide bonds. The second kappa shape index (κ2) is 4.21. The Bertz CT molecular complexity index is 390. The van der Waals surface area contributed by atoms with Crippen molar-refractivity contribution in [1.82, 2.24) is 9.97 Å². The summed E-state index contributed by atoms with van der Waals surface area (Å²) in [6.45, 7) is 6.63. The highest BCUT2D eigenvalue weighted by molar-refractivity contribution is 6.28. The van der Waals surface area contributed by atoms with Gasteiger partial charge in [-0.1, -0.05) is 13.8 Å². The molecule has 1 unspecified atom stereocenters. The third-order valence-electron chi connectivity index (χ3n) is 3.25. The van der Waals surface area contributed by atoms with Gasteiger partial charge >= 0.3 is 0 Å². The quantitative estimate of drug-likeness (QED) is 0.804. The SMILES string of the molecule is Cc1cnc(Cl)nc1NC1CCC(C)(C)C1. The third-order valence-corrected chi connectivity index (χ3v) is 3.43. The van der Waals surface area contributed by atoms with Crippen molar-refractivity contribution in [1.29, 1.82) is 0 Å². The van der Waals surface area contributed by atoms with E-state index in [-0.39, 0.29) is 0 Å². The fourth-order valence-electron chi connectivity index (χ4n) is 2.32. The van der Waals surface area contributed by atoms with E-state index in [2.05, 4.69) is 29.1 Å². The molecule has 0 aliphatic heterocycles. The van der Waals surface area contributed by atoms with Crippen LogP contribution in [0.2, 0.25) is 5.28 Å². The molecule has 0 radical (unpaired) electrons. The Kier molecular flexibility index (Phi) is 3.06. The van der Waals surface area contributed by atoms with Gasteiger partial charge in [-0.05, 0) is 43.2 Å². The first kappa shape index (κ1) is 11.6. The zero-order chi connectivity index (χ0) is 11.8. The smallest absolute Gasteiger partial charge is 0.224 e. The van der Waals surface area contributed by atoms with Crippen molar-refractivity contribution in [3.63, 3.8) is 0 Å². The number of anilines is 1. The molecule has 1 heterocycles. The van der Waals surface area contributed by atoms with Gasteiger partial charge in [-0.25, -0.2) is 9.97 Å². The number of nitrogens with one attached hydrogen (secondary N) is 1. The molecule has 1 N–H and O–H groups in total. The fourth-order valence-corrected chi connectivity index (χ4v) is 2.45. The summed E-state index contributed by atoms with van der Waals surface area (Å²) in [5.41, 5.74) is 1.50. The van der Waals surface area contributed by atoms with Crippen LogP contribution >= 0.6 is 11.6 Å². The number of nitrogens with zero attached hydrogens (tertiary/aromatic N) is 2. The Morgan fingerprint density at radius 3 is 2.88 bits per heavy atom. The van der Waals surface area contributed by atoms with Crippen LogP contribution in [0.25, 0.3) is 0 Å². The number of aryl methyl sites for hydroxylation is 1. The summed E-state index contributed by atoms with van der Waals surface area (Å²) in [7, 11) is 0. The third kappa shape index (κ3) is 2.64. The topological polar surface area (TPSA) is 37.8 Å². The molecule has 16 heavy (non-hydrogen) atoms. The van der Waals surface area contributed by atoms with Gasteiger partial charge in [0.2, 0.25) is 5.28 Å². The van der Waals surface area contributed by atoms with Gasteiger partial charge in [-0.3, -0.25) is 0 Å². The van der Waals surface area contributed by atoms with Crippen molar-refractivity contribution in [2.75, 3.05) is 5.32 Å². The molecule has 1 saturated carbocycles. The predicted octanol–water partition coefficient (Wildman–Crippen LogP) is 3.43. The van der Waals surface area contributed by atoms with Crippen LogP contribution in [-0.4, -0.2) is 16.0 Å². The normalized spacial score (nSPS) is 23.4. The first-order valence-corrected chi connectivity index (χ1v) is 6.10. The molecular formula is C12H18ClN3. The lowest BCUT2D eigenvalue weighted by molar-refractivity contribution is 0.378. The van der Waals surface area contributed by atoms with Gasteiger partial charge in [0.15, 0.2) is 0 Å². The molecule has 0 bridgehead atoms. The van der Waals surface area contributed by atoms with E-state index < -0.39 is 0 Å². The molecule has 0 saturated heterocycles. The highest BCUT2D eigenvalue weighted by atomic mass is 35.5. The van der Waals surface area contributed by atoms with Gasteiger partial charge in [-0.15, -0.1) is 0 Å². The van der Waals surface area contributed by atoms with Crippen LogP contribution in [0.5, 0.6) is 0 Å². The molecule has 1 fully saturated rings. The summed E-state index contributed by atoms with van der Waals surface area (Å²) in [4.78, 5) is 8.18. The zero-order valence-electron chi connectivity index (χ0n) is 10.0. The number of hydrogen-bond donors (Lipinski definition) is 1. The lowest BCUT2D eigenvalue weighted by atomic mass is 9.92. The number of hydrogen-bond acceptors (Lipinski definition) is 3. The molecule has 3 nitrogen and oxygen atoms in total. The Hall–Kier alpha value is -0.830. The van der Waals surface area contributed by atoms with E-state index in [0.717, 1.165) is 11.4 Å². The molecule has 2 rings (SSSR count). The van der Waals surface area contributed by atoms with E-state index in [9.17, 15) is 0 Å². The Labute approximate surface area is 102 Å². The first-order chi connectivity index (χ1) is 7.46. The molecule has 1 aliphatic carbocycles. The van der Waals surface area contributed by atoms with Crippen molar-refractivity contribution in [2.45, 2.75) is 46.1 Å². The second-order valence-corrected chi connectivity index (χ2v) is 5.76. The van der Waals surface area contributed by atoms with Crippen LogP contribution in [-0.2, 0) is 0 Å². The Balaban J connectivity index is 2.07. The summed E-state index contributed by atoms with van der Waals surface area (Å²) >= 11 is 5.80. The molecule has 1 aromatic rings. The average Bonchev–Trinajstić information content (AvgIpc) is 2.52. The van der Waals surface area contributed by atoms with E-state index in [1.807, 2.05) is 6.92 Å². The number of rotatable bonds is 2. The molecule has 1 aromatic heterocycles. The Morgan fingerprint density at radius 1 is 1.50 bits per heavy atom. The summed E-state index contributed by atoms with van der Waals surface area (Å²) in [6.07, 6.45) is 5.42. The van der Waals surface area contributed by atoms with Gasteiger partial charge in [0.05, 0.1) is 0 Å². The largest absolute Gasteiger partial charge is 0.367 e. The van der Waals surface area contributed by atoms with Crippen molar-refractivity contribution in [3.05, 3.63) is 17.0 Å². The van der Waals surface area contributed by atoms with E-state index in [1.54, 1.807) is 6.20 Å². The van der Waals surface area contributed by atoms with Crippen molar-refractivity contribution < 1.29 is 0 Å². The maximum absolute atomic E-state index is 5.80. The van der Waals surface area contributed by atoms with E-state index in [1.165, 1.54) is 19.3 Å². The lowest BCUT2D eigenvalue weighted by Gasteiger charge is -2.18. The minimum absolute atomic E-state index is 0.311. The molecule has 1 aliphatic rings. The molecule has 0 spiro atoms. The zero-order valence-corrected chi connectivity index (χ0v) is 10.8. The maximum atomic E-state index is 5.80. The van der Waals surface area contributed by atoms with Crippen LogP contribution < -0.4 is 5.32 Å². The van der Waals surface area contributed by atoms with E-state index >= 15 is 0 Å². The van der Waals surface area contributed by atoms with Gasteiger partial charge < -0.3 is 5.32 Å². The minimum Gasteiger partial charge on any atom is -0.367 e. The van der Waals surface area contributed by atoms with Crippen LogP contribution in [0.3, 0.4) is 0 Å². The summed E-state index contributed by atoms with van der Waals surface area (Å²) < 4.78 is 0. The van der Waals surface area contributed by atoms with Crippen molar-refractivity contribution in [2.24, 2.45) is 5.41 Å². The van der Waals surface area contributed by atoms with Crippen LogP contribution in [0, 0.1) is 12.3 Å². The maximum Gasteiger partial charge on any atom is 0.224 e. The lowest BCUT2D eigenvalue weighted by Crippen LogP contribution is -2.19. The molecule has 1 atom stereocenters. The van der Waals surface area contributed by atoms with Gasteiger partial charge in [0.1, 0.15) is 5.82 Å². The van der Waals surface area contributed by atoms with Gasteiger partial charge in [0, 0.05) is 17.8 Å². The predicted molar refractivity (Wildman–Crippen MR) is 66.8 cm³/mol. The van der Waals surface area contributed by atoms with Crippen LogP contribution in [0.1, 0.15) is 38.7 Å². The van der Waals surface area contributed by atoms with Crippen molar-refractivity contribution >= 4 is 17.4 Å². The summed E-state index contributed by atoms with van der Waals surface area (Å²) in [5.74, 6) is 0.878. The van der Waals surface area contributed by atoms with Crippen LogP contribution in [0.4, 0.5) is 5.82 Å². The van der Waals surface area contributed by atoms with E-state index in [4.69, 9.17) is 11.6 Å². The number of aromatic nitrogens is 2. The monoisotopic (exact) mass is 239 g/mol. The number of halogens is 1. The molecule has 88 valence electrons. The molecular weight excluding hydrogens is 222 g/mol. The molecule has 0 aromatic carbocycles. The van der Waals surface area contributed by atoms with Gasteiger partial charge in [0.25, 0.3) is 0 Å². The fraction of sp³-hybridized carbons (Fsp3) is 0.667. The van der Waals surface area contributed by atoms with Gasteiger partial charge in [-0.2, -0.15) is 0 Å². The second-order valence-electron chi connectivity index (χ2n) is 5.42. The average molecular weight is 240 g/mol. The standard InChI is InChI=1S/C12H18ClN3/c1-8-7-14-11(13)16-10(8)15-9-4-5-12(2,3)6-9/h7,9H,4-6H2,1-3H3,(H,14,15,16). The summed E-state index contributed by atoms with van der Waals surface area (Å²) in [5, 5.41) is 3.78. The van der Waals surface area contributed by atoms with Crippen LogP contribution in [0.15, 0.2) is 6.20 Å².